The number of alkyl halides is 1. The van der Waals surface area contributed by atoms with E-state index < -0.39 is 0 Å². The van der Waals surface area contributed by atoms with Gasteiger partial charge in [0.2, 0.25) is 11.8 Å². The molecule has 4 nitrogen and oxygen atoms in total. The lowest BCUT2D eigenvalue weighted by Gasteiger charge is -2.36. The summed E-state index contributed by atoms with van der Waals surface area (Å²) >= 11 is 3.45. The number of amides is 2. The summed E-state index contributed by atoms with van der Waals surface area (Å²) in [5.41, 5.74) is 0. The Balaban J connectivity index is 1.60. The summed E-state index contributed by atoms with van der Waals surface area (Å²) in [5.74, 6) is 0.330. The van der Waals surface area contributed by atoms with Crippen molar-refractivity contribution in [3.05, 3.63) is 0 Å². The highest BCUT2D eigenvalue weighted by Gasteiger charge is 2.41. The number of carbonyl (C=O) groups is 2. The number of carbonyl (C=O) groups excluding carboxylic acids is 2. The first-order valence-electron chi connectivity index (χ1n) is 8.38. The molecule has 0 bridgehead atoms. The van der Waals surface area contributed by atoms with Gasteiger partial charge in [-0.3, -0.25) is 9.59 Å². The molecule has 2 amide bonds. The van der Waals surface area contributed by atoms with Gasteiger partial charge in [-0.15, -0.1) is 0 Å². The third-order valence-electron chi connectivity index (χ3n) is 4.56. The van der Waals surface area contributed by atoms with Crippen molar-refractivity contribution in [3.63, 3.8) is 0 Å². The van der Waals surface area contributed by atoms with Gasteiger partial charge in [0.1, 0.15) is 6.04 Å². The average Bonchev–Trinajstić information content (AvgIpc) is 2.97. The van der Waals surface area contributed by atoms with E-state index >= 15 is 0 Å². The van der Waals surface area contributed by atoms with Crippen LogP contribution in [0.2, 0.25) is 0 Å². The van der Waals surface area contributed by atoms with Crippen LogP contribution in [0.25, 0.3) is 0 Å². The van der Waals surface area contributed by atoms with E-state index in [2.05, 4.69) is 15.9 Å². The lowest BCUT2D eigenvalue weighted by molar-refractivity contribution is -0.153. The Morgan fingerprint density at radius 2 is 1.67 bits per heavy atom. The van der Waals surface area contributed by atoms with Crippen molar-refractivity contribution in [2.45, 2.75) is 63.8 Å². The van der Waals surface area contributed by atoms with Gasteiger partial charge in [0.15, 0.2) is 0 Å². The number of fused-ring (bicyclic) bond motifs is 1. The van der Waals surface area contributed by atoms with Crippen LogP contribution in [0.4, 0.5) is 0 Å². The second kappa shape index (κ2) is 8.76. The quantitative estimate of drug-likeness (QED) is 0.469. The molecule has 1 atom stereocenters. The number of hydrogen-bond acceptors (Lipinski definition) is 2. The topological polar surface area (TPSA) is 40.6 Å². The van der Waals surface area contributed by atoms with Crippen molar-refractivity contribution in [2.75, 3.05) is 25.0 Å². The molecule has 0 aliphatic carbocycles. The molecule has 2 aliphatic rings. The molecule has 2 aliphatic heterocycles. The molecule has 0 saturated carbocycles. The van der Waals surface area contributed by atoms with E-state index in [0.29, 0.717) is 6.54 Å². The highest BCUT2D eigenvalue weighted by atomic mass is 79.9. The molecular formula is C16H27BrN2O2. The SMILES string of the molecule is O=C1C2CCCN2C(=O)CN1CCCCCCCCCBr. The number of unbranched alkanes of at least 4 members (excludes halogenated alkanes) is 6. The van der Waals surface area contributed by atoms with Crippen LogP contribution in [-0.4, -0.2) is 52.6 Å². The fourth-order valence-electron chi connectivity index (χ4n) is 3.34. The van der Waals surface area contributed by atoms with Gasteiger partial charge in [-0.1, -0.05) is 48.0 Å². The molecule has 0 radical (unpaired) electrons. The van der Waals surface area contributed by atoms with Crippen LogP contribution in [0.5, 0.6) is 0 Å². The van der Waals surface area contributed by atoms with Gasteiger partial charge in [-0.25, -0.2) is 0 Å². The molecule has 1 unspecified atom stereocenters. The lowest BCUT2D eigenvalue weighted by atomic mass is 10.1. The molecule has 5 heteroatoms. The molecule has 2 saturated heterocycles. The molecule has 2 rings (SSSR count). The Bertz CT molecular complexity index is 362. The maximum absolute atomic E-state index is 12.3. The summed E-state index contributed by atoms with van der Waals surface area (Å²) in [6.07, 6.45) is 10.4. The first kappa shape index (κ1) is 16.8. The van der Waals surface area contributed by atoms with E-state index in [9.17, 15) is 9.59 Å². The van der Waals surface area contributed by atoms with Gasteiger partial charge in [0.25, 0.3) is 0 Å². The summed E-state index contributed by atoms with van der Waals surface area (Å²) in [7, 11) is 0. The Morgan fingerprint density at radius 3 is 2.38 bits per heavy atom. The summed E-state index contributed by atoms with van der Waals surface area (Å²) < 4.78 is 0. The minimum Gasteiger partial charge on any atom is -0.332 e. The highest BCUT2D eigenvalue weighted by molar-refractivity contribution is 9.09. The zero-order valence-electron chi connectivity index (χ0n) is 12.9. The van der Waals surface area contributed by atoms with Crippen molar-refractivity contribution in [1.82, 2.24) is 9.80 Å². The predicted molar refractivity (Wildman–Crippen MR) is 87.4 cm³/mol. The van der Waals surface area contributed by atoms with Crippen LogP contribution in [0.15, 0.2) is 0 Å². The zero-order chi connectivity index (χ0) is 15.1. The Labute approximate surface area is 136 Å². The van der Waals surface area contributed by atoms with Gasteiger partial charge in [0, 0.05) is 18.4 Å². The van der Waals surface area contributed by atoms with E-state index in [0.717, 1.165) is 37.7 Å². The summed E-state index contributed by atoms with van der Waals surface area (Å²) in [6.45, 7) is 1.84. The highest BCUT2D eigenvalue weighted by Crippen LogP contribution is 2.23. The minimum atomic E-state index is -0.143. The monoisotopic (exact) mass is 358 g/mol. The van der Waals surface area contributed by atoms with Gasteiger partial charge >= 0.3 is 0 Å². The van der Waals surface area contributed by atoms with E-state index in [1.807, 2.05) is 0 Å². The number of halogens is 1. The summed E-state index contributed by atoms with van der Waals surface area (Å²) in [5, 5.41) is 1.11. The number of hydrogen-bond donors (Lipinski definition) is 0. The fraction of sp³-hybridized carbons (Fsp3) is 0.875. The van der Waals surface area contributed by atoms with Crippen molar-refractivity contribution < 1.29 is 9.59 Å². The molecule has 21 heavy (non-hydrogen) atoms. The Hall–Kier alpha value is -0.580. The third-order valence-corrected chi connectivity index (χ3v) is 5.12. The van der Waals surface area contributed by atoms with Crippen LogP contribution >= 0.6 is 15.9 Å². The first-order valence-corrected chi connectivity index (χ1v) is 9.50. The maximum Gasteiger partial charge on any atom is 0.245 e. The number of piperazine rings is 1. The minimum absolute atomic E-state index is 0.143. The zero-order valence-corrected chi connectivity index (χ0v) is 14.4. The molecule has 0 aromatic carbocycles. The molecule has 0 N–H and O–H groups in total. The van der Waals surface area contributed by atoms with Gasteiger partial charge in [-0.05, 0) is 25.7 Å². The second-order valence-electron chi connectivity index (χ2n) is 6.17. The number of nitrogens with zero attached hydrogens (tertiary/aromatic N) is 2. The van der Waals surface area contributed by atoms with E-state index in [1.165, 1.54) is 38.5 Å². The summed E-state index contributed by atoms with van der Waals surface area (Å²) in [4.78, 5) is 27.9. The van der Waals surface area contributed by atoms with E-state index in [-0.39, 0.29) is 17.9 Å². The normalized spacial score (nSPS) is 22.0. The Morgan fingerprint density at radius 1 is 1.00 bits per heavy atom. The van der Waals surface area contributed by atoms with Crippen LogP contribution < -0.4 is 0 Å². The molecule has 0 aromatic heterocycles. The third kappa shape index (κ3) is 4.70. The van der Waals surface area contributed by atoms with Crippen molar-refractivity contribution in [3.8, 4) is 0 Å². The van der Waals surface area contributed by atoms with Crippen LogP contribution in [0.3, 0.4) is 0 Å². The average molecular weight is 359 g/mol. The second-order valence-corrected chi connectivity index (χ2v) is 6.96. The molecule has 0 aromatic rings. The van der Waals surface area contributed by atoms with Crippen molar-refractivity contribution in [2.24, 2.45) is 0 Å². The van der Waals surface area contributed by atoms with Gasteiger partial charge in [-0.2, -0.15) is 0 Å². The van der Waals surface area contributed by atoms with Crippen molar-refractivity contribution >= 4 is 27.7 Å². The molecule has 120 valence electrons. The molecule has 2 heterocycles. The predicted octanol–water partition coefficient (Wildman–Crippen LogP) is 2.95. The molecule has 2 fully saturated rings. The van der Waals surface area contributed by atoms with Gasteiger partial charge < -0.3 is 9.80 Å². The van der Waals surface area contributed by atoms with Gasteiger partial charge in [0.05, 0.1) is 6.54 Å². The smallest absolute Gasteiger partial charge is 0.245 e. The first-order chi connectivity index (χ1) is 10.2. The van der Waals surface area contributed by atoms with Crippen molar-refractivity contribution in [1.29, 1.82) is 0 Å². The summed E-state index contributed by atoms with van der Waals surface area (Å²) in [6, 6.07) is -0.143. The van der Waals surface area contributed by atoms with Crippen LogP contribution in [-0.2, 0) is 9.59 Å². The standard InChI is InChI=1S/C16H27BrN2O2/c17-10-6-4-2-1-3-5-7-11-18-13-15(20)19-12-8-9-14(19)16(18)21/h14H,1-13H2. The van der Waals surface area contributed by atoms with Crippen LogP contribution in [0, 0.1) is 0 Å². The molecular weight excluding hydrogens is 332 g/mol. The largest absolute Gasteiger partial charge is 0.332 e. The maximum atomic E-state index is 12.3. The lowest BCUT2D eigenvalue weighted by Crippen LogP contribution is -2.57. The number of rotatable bonds is 9. The molecule has 0 spiro atoms. The Kier molecular flexibility index (Phi) is 7.00. The van der Waals surface area contributed by atoms with E-state index in [1.54, 1.807) is 9.80 Å². The van der Waals surface area contributed by atoms with E-state index in [4.69, 9.17) is 0 Å². The fourth-order valence-corrected chi connectivity index (χ4v) is 3.73. The van der Waals surface area contributed by atoms with Crippen LogP contribution in [0.1, 0.15) is 57.8 Å².